The van der Waals surface area contributed by atoms with Crippen LogP contribution in [-0.2, 0) is 18.0 Å². The summed E-state index contributed by atoms with van der Waals surface area (Å²) in [7, 11) is 0. The van der Waals surface area contributed by atoms with Gasteiger partial charge in [-0.1, -0.05) is 60.7 Å². The highest BCUT2D eigenvalue weighted by atomic mass is 16.5. The van der Waals surface area contributed by atoms with Crippen molar-refractivity contribution in [3.8, 4) is 22.6 Å². The van der Waals surface area contributed by atoms with Crippen LogP contribution in [0.1, 0.15) is 32.7 Å². The van der Waals surface area contributed by atoms with Gasteiger partial charge in [0.15, 0.2) is 5.69 Å². The number of aryl methyl sites for hydroxylation is 2. The van der Waals surface area contributed by atoms with Crippen LogP contribution in [0.4, 0.5) is 11.4 Å². The van der Waals surface area contributed by atoms with Gasteiger partial charge in [-0.3, -0.25) is 9.89 Å². The molecule has 3 N–H and O–H groups in total. The van der Waals surface area contributed by atoms with Gasteiger partial charge in [0.25, 0.3) is 5.56 Å². The molecule has 0 unspecified atom stereocenters. The minimum Gasteiger partial charge on any atom is -0.506 e. The predicted molar refractivity (Wildman–Crippen MR) is 155 cm³/mol. The van der Waals surface area contributed by atoms with Crippen LogP contribution in [0.2, 0.25) is 0 Å². The number of hydrogen-bond acceptors (Lipinski definition) is 6. The molecule has 1 aromatic heterocycles. The van der Waals surface area contributed by atoms with Crippen molar-refractivity contribution in [1.82, 2.24) is 9.78 Å². The quantitative estimate of drug-likeness (QED) is 0.171. The Hall–Kier alpha value is -5.28. The third-order valence-electron chi connectivity index (χ3n) is 6.73. The molecule has 5 rings (SSSR count). The number of aromatic carboxylic acids is 1. The minimum absolute atomic E-state index is 0.103. The Balaban J connectivity index is 1.48. The molecule has 0 saturated heterocycles. The first-order valence-electron chi connectivity index (χ1n) is 12.9. The monoisotopic (exact) mass is 548 g/mol. The molecule has 0 amide bonds. The van der Waals surface area contributed by atoms with Crippen molar-refractivity contribution in [3.63, 3.8) is 0 Å². The summed E-state index contributed by atoms with van der Waals surface area (Å²) in [4.78, 5) is 25.0. The lowest BCUT2D eigenvalue weighted by Crippen LogP contribution is -2.14. The summed E-state index contributed by atoms with van der Waals surface area (Å²) in [6.07, 6.45) is 0. The Kier molecular flexibility index (Phi) is 7.89. The number of carbonyl (C=O) groups is 1. The Labute approximate surface area is 236 Å². The second-order valence-corrected chi connectivity index (χ2v) is 9.58. The normalized spacial score (nSPS) is 11.3. The van der Waals surface area contributed by atoms with Crippen molar-refractivity contribution >= 4 is 17.3 Å². The Morgan fingerprint density at radius 3 is 2.41 bits per heavy atom. The number of nitrogens with one attached hydrogen (secondary N) is 1. The molecule has 9 nitrogen and oxygen atoms in total. The smallest absolute Gasteiger partial charge is 0.339 e. The van der Waals surface area contributed by atoms with Crippen LogP contribution < -0.4 is 5.56 Å². The number of phenols is 1. The fraction of sp³-hybridized carbons (Fsp3) is 0.125. The van der Waals surface area contributed by atoms with Gasteiger partial charge < -0.3 is 14.9 Å². The molecule has 0 saturated carbocycles. The molecule has 206 valence electrons. The number of H-pyrrole nitrogens is 1. The van der Waals surface area contributed by atoms with Gasteiger partial charge in [-0.2, -0.15) is 5.11 Å². The number of rotatable bonds is 9. The van der Waals surface area contributed by atoms with E-state index in [2.05, 4.69) is 15.3 Å². The predicted octanol–water partition coefficient (Wildman–Crippen LogP) is 6.99. The Morgan fingerprint density at radius 1 is 0.878 bits per heavy atom. The number of hydrogen-bond donors (Lipinski definition) is 3. The third kappa shape index (κ3) is 6.00. The minimum atomic E-state index is -1.23. The number of carboxylic acids is 1. The molecule has 9 heteroatoms. The van der Waals surface area contributed by atoms with Crippen molar-refractivity contribution in [1.29, 1.82) is 0 Å². The van der Waals surface area contributed by atoms with Crippen molar-refractivity contribution in [2.45, 2.75) is 27.1 Å². The molecule has 0 spiro atoms. The lowest BCUT2D eigenvalue weighted by molar-refractivity contribution is 0.0694. The molecule has 1 heterocycles. The van der Waals surface area contributed by atoms with Crippen LogP contribution in [-0.4, -0.2) is 26.0 Å². The molecule has 0 fully saturated rings. The molecule has 0 aliphatic heterocycles. The molecule has 41 heavy (non-hydrogen) atoms. The molecule has 0 aliphatic rings. The number of ether oxygens (including phenoxy) is 1. The van der Waals surface area contributed by atoms with E-state index in [1.54, 1.807) is 36.4 Å². The lowest BCUT2D eigenvalue weighted by atomic mass is 10.0. The van der Waals surface area contributed by atoms with Crippen LogP contribution >= 0.6 is 0 Å². The molecule has 5 aromatic rings. The van der Waals surface area contributed by atoms with Crippen LogP contribution in [0.5, 0.6) is 5.75 Å². The van der Waals surface area contributed by atoms with E-state index in [0.29, 0.717) is 34.8 Å². The van der Waals surface area contributed by atoms with Crippen molar-refractivity contribution < 1.29 is 19.7 Å². The molecule has 0 atom stereocenters. The van der Waals surface area contributed by atoms with Gasteiger partial charge in [0.1, 0.15) is 11.3 Å². The van der Waals surface area contributed by atoms with Gasteiger partial charge in [-0.15, -0.1) is 5.11 Å². The lowest BCUT2D eigenvalue weighted by Gasteiger charge is -2.07. The zero-order chi connectivity index (χ0) is 28.9. The number of benzene rings is 4. The van der Waals surface area contributed by atoms with E-state index in [1.807, 2.05) is 62.4 Å². The van der Waals surface area contributed by atoms with Crippen LogP contribution in [0, 0.1) is 13.8 Å². The molecular formula is C32H28N4O5. The van der Waals surface area contributed by atoms with Gasteiger partial charge in [0.05, 0.1) is 30.3 Å². The largest absolute Gasteiger partial charge is 0.506 e. The maximum atomic E-state index is 13.5. The number of aromatic nitrogens is 2. The van der Waals surface area contributed by atoms with E-state index in [9.17, 15) is 19.8 Å². The molecule has 0 bridgehead atoms. The summed E-state index contributed by atoms with van der Waals surface area (Å²) in [5.74, 6) is -1.57. The topological polar surface area (TPSA) is 129 Å². The van der Waals surface area contributed by atoms with Crippen molar-refractivity contribution in [2.24, 2.45) is 10.2 Å². The number of nitrogens with zero attached hydrogens (tertiary/aromatic N) is 3. The average Bonchev–Trinajstić information content (AvgIpc) is 3.28. The molecule has 0 aliphatic carbocycles. The van der Waals surface area contributed by atoms with Crippen LogP contribution in [0.25, 0.3) is 16.8 Å². The SMILES string of the molecule is Cc1ccc(-n2[nH]c(COCc3ccccc3)c(N=Nc3cccc(-c4cccc(C(=O)O)c4O)c3)c2=O)cc1C. The maximum Gasteiger partial charge on any atom is 0.339 e. The maximum absolute atomic E-state index is 13.5. The summed E-state index contributed by atoms with van der Waals surface area (Å²) in [6.45, 7) is 4.44. The van der Waals surface area contributed by atoms with Gasteiger partial charge >= 0.3 is 5.97 Å². The number of carboxylic acid groups (broad SMARTS) is 1. The summed E-state index contributed by atoms with van der Waals surface area (Å²) >= 11 is 0. The summed E-state index contributed by atoms with van der Waals surface area (Å²) < 4.78 is 7.33. The Morgan fingerprint density at radius 2 is 1.66 bits per heavy atom. The summed E-state index contributed by atoms with van der Waals surface area (Å²) in [5, 5.41) is 31.6. The van der Waals surface area contributed by atoms with E-state index in [4.69, 9.17) is 4.74 Å². The standard InChI is InChI=1S/C32H28N4O5/c1-20-14-15-25(16-21(20)2)36-31(38)29(28(35-36)19-41-18-22-8-4-3-5-9-22)34-33-24-11-6-10-23(17-24)26-12-7-13-27(30(26)37)32(39)40/h3-17,35,37H,18-19H2,1-2H3,(H,39,40). The number of azo groups is 1. The van der Waals surface area contributed by atoms with Crippen molar-refractivity contribution in [3.05, 3.63) is 129 Å². The first-order chi connectivity index (χ1) is 19.8. The summed E-state index contributed by atoms with van der Waals surface area (Å²) in [6, 6.07) is 26.8. The highest BCUT2D eigenvalue weighted by molar-refractivity contribution is 5.94. The zero-order valence-corrected chi connectivity index (χ0v) is 22.5. The van der Waals surface area contributed by atoms with E-state index < -0.39 is 5.97 Å². The molecule has 0 radical (unpaired) electrons. The first-order valence-corrected chi connectivity index (χ1v) is 12.9. The average molecular weight is 549 g/mol. The number of aromatic amines is 1. The fourth-order valence-electron chi connectivity index (χ4n) is 4.36. The highest BCUT2D eigenvalue weighted by Gasteiger charge is 2.17. The van der Waals surface area contributed by atoms with Crippen LogP contribution in [0.15, 0.2) is 106 Å². The first kappa shape index (κ1) is 27.3. The molecule has 4 aromatic carbocycles. The third-order valence-corrected chi connectivity index (χ3v) is 6.73. The van der Waals surface area contributed by atoms with E-state index in [0.717, 1.165) is 16.7 Å². The second kappa shape index (κ2) is 11.8. The highest BCUT2D eigenvalue weighted by Crippen LogP contribution is 2.34. The van der Waals surface area contributed by atoms with Gasteiger partial charge in [0.2, 0.25) is 0 Å². The number of para-hydroxylation sites is 1. The van der Waals surface area contributed by atoms with E-state index >= 15 is 0 Å². The number of aromatic hydroxyl groups is 1. The zero-order valence-electron chi connectivity index (χ0n) is 22.5. The van der Waals surface area contributed by atoms with Gasteiger partial charge in [-0.05, 0) is 66.4 Å². The summed E-state index contributed by atoms with van der Waals surface area (Å²) in [5.41, 5.74) is 5.13. The molecular weight excluding hydrogens is 520 g/mol. The van der Waals surface area contributed by atoms with Gasteiger partial charge in [-0.25, -0.2) is 9.48 Å². The fourth-order valence-corrected chi connectivity index (χ4v) is 4.36. The van der Waals surface area contributed by atoms with E-state index in [-0.39, 0.29) is 29.2 Å². The Bertz CT molecular complexity index is 1810. The van der Waals surface area contributed by atoms with Gasteiger partial charge in [0, 0.05) is 5.56 Å². The van der Waals surface area contributed by atoms with E-state index in [1.165, 1.54) is 10.7 Å². The second-order valence-electron chi connectivity index (χ2n) is 9.58. The van der Waals surface area contributed by atoms with Crippen molar-refractivity contribution in [2.75, 3.05) is 0 Å². The van der Waals surface area contributed by atoms with Crippen LogP contribution in [0.3, 0.4) is 0 Å².